The predicted molar refractivity (Wildman–Crippen MR) is 64.1 cm³/mol. The van der Waals surface area contributed by atoms with E-state index in [0.717, 1.165) is 18.7 Å². The molecule has 86 valence electrons. The fraction of sp³-hybridized carbons (Fsp3) is 0.727. The van der Waals surface area contributed by atoms with Gasteiger partial charge in [-0.05, 0) is 27.3 Å². The quantitative estimate of drug-likeness (QED) is 0.836. The summed E-state index contributed by atoms with van der Waals surface area (Å²) >= 11 is 1.71. The normalized spacial score (nSPS) is 12.4. The second-order valence-corrected chi connectivity index (χ2v) is 5.36. The largest absolute Gasteiger partial charge is 0.394 e. The molecule has 0 aliphatic heterocycles. The van der Waals surface area contributed by atoms with Gasteiger partial charge >= 0.3 is 0 Å². The second kappa shape index (κ2) is 5.05. The molecule has 1 aromatic heterocycles. The molecular formula is C11H20N2OS. The minimum Gasteiger partial charge on any atom is -0.394 e. The fourth-order valence-corrected chi connectivity index (χ4v) is 1.90. The number of aromatic nitrogens is 1. The lowest BCUT2D eigenvalue weighted by Gasteiger charge is -2.33. The number of rotatable bonds is 5. The number of aryl methyl sites for hydroxylation is 1. The summed E-state index contributed by atoms with van der Waals surface area (Å²) < 4.78 is 0. The molecule has 1 aromatic rings. The van der Waals surface area contributed by atoms with Crippen molar-refractivity contribution in [3.05, 3.63) is 16.1 Å². The van der Waals surface area contributed by atoms with Gasteiger partial charge in [-0.15, -0.1) is 11.3 Å². The lowest BCUT2D eigenvalue weighted by atomic mass is 10.1. The van der Waals surface area contributed by atoms with Crippen LogP contribution in [0.5, 0.6) is 0 Å². The maximum atomic E-state index is 9.23. The molecule has 0 aromatic carbocycles. The van der Waals surface area contributed by atoms with E-state index >= 15 is 0 Å². The highest BCUT2D eigenvalue weighted by atomic mass is 32.1. The van der Waals surface area contributed by atoms with E-state index in [1.807, 2.05) is 20.9 Å². The Kier molecular flexibility index (Phi) is 4.25. The molecule has 0 radical (unpaired) electrons. The molecule has 0 amide bonds. The van der Waals surface area contributed by atoms with Crippen LogP contribution in [0.2, 0.25) is 0 Å². The lowest BCUT2D eigenvalue weighted by Crippen LogP contribution is -2.43. The second-order valence-electron chi connectivity index (χ2n) is 4.41. The SMILES string of the molecule is CCc1nc(CN(C)C(C)(C)CO)cs1. The van der Waals surface area contributed by atoms with Crippen LogP contribution in [0.15, 0.2) is 5.38 Å². The Hall–Kier alpha value is -0.450. The van der Waals surface area contributed by atoms with E-state index in [0.29, 0.717) is 0 Å². The number of nitrogens with zero attached hydrogens (tertiary/aromatic N) is 2. The number of thiazole rings is 1. The zero-order valence-corrected chi connectivity index (χ0v) is 10.8. The monoisotopic (exact) mass is 228 g/mol. The molecule has 0 atom stereocenters. The Morgan fingerprint density at radius 2 is 2.20 bits per heavy atom. The van der Waals surface area contributed by atoms with Crippen LogP contribution in [-0.2, 0) is 13.0 Å². The molecule has 0 aliphatic rings. The summed E-state index contributed by atoms with van der Waals surface area (Å²) in [6.07, 6.45) is 0.998. The average Bonchev–Trinajstić information content (AvgIpc) is 2.65. The third-order valence-corrected chi connectivity index (χ3v) is 3.76. The van der Waals surface area contributed by atoms with Crippen molar-refractivity contribution in [1.82, 2.24) is 9.88 Å². The first-order valence-corrected chi connectivity index (χ1v) is 6.13. The standard InChI is InChI=1S/C11H20N2OS/c1-5-10-12-9(7-15-10)6-13(4)11(2,3)8-14/h7,14H,5-6,8H2,1-4H3. The third-order valence-electron chi connectivity index (χ3n) is 2.72. The van der Waals surface area contributed by atoms with Gasteiger partial charge in [-0.3, -0.25) is 4.90 Å². The van der Waals surface area contributed by atoms with Gasteiger partial charge in [-0.1, -0.05) is 6.92 Å². The Morgan fingerprint density at radius 3 is 2.67 bits per heavy atom. The zero-order valence-electron chi connectivity index (χ0n) is 9.95. The Balaban J connectivity index is 2.61. The van der Waals surface area contributed by atoms with Crippen LogP contribution in [0.1, 0.15) is 31.5 Å². The van der Waals surface area contributed by atoms with E-state index in [9.17, 15) is 5.11 Å². The molecule has 0 saturated carbocycles. The molecule has 0 aliphatic carbocycles. The Bertz CT molecular complexity index is 309. The highest BCUT2D eigenvalue weighted by Crippen LogP contribution is 2.17. The van der Waals surface area contributed by atoms with Crippen molar-refractivity contribution in [2.24, 2.45) is 0 Å². The van der Waals surface area contributed by atoms with Crippen molar-refractivity contribution in [3.63, 3.8) is 0 Å². The van der Waals surface area contributed by atoms with Gasteiger partial charge in [0.1, 0.15) is 0 Å². The van der Waals surface area contributed by atoms with E-state index in [4.69, 9.17) is 0 Å². The van der Waals surface area contributed by atoms with Gasteiger partial charge in [0.15, 0.2) is 0 Å². The molecule has 0 unspecified atom stereocenters. The maximum Gasteiger partial charge on any atom is 0.0926 e. The first kappa shape index (κ1) is 12.6. The van der Waals surface area contributed by atoms with Gasteiger partial charge < -0.3 is 5.11 Å². The topological polar surface area (TPSA) is 36.4 Å². The van der Waals surface area contributed by atoms with Crippen molar-refractivity contribution >= 4 is 11.3 Å². The summed E-state index contributed by atoms with van der Waals surface area (Å²) in [6.45, 7) is 7.13. The molecule has 4 heteroatoms. The van der Waals surface area contributed by atoms with Crippen molar-refractivity contribution in [3.8, 4) is 0 Å². The van der Waals surface area contributed by atoms with Crippen LogP contribution in [0.3, 0.4) is 0 Å². The summed E-state index contributed by atoms with van der Waals surface area (Å²) in [5.74, 6) is 0. The first-order valence-electron chi connectivity index (χ1n) is 5.25. The molecule has 0 fully saturated rings. The smallest absolute Gasteiger partial charge is 0.0926 e. The zero-order chi connectivity index (χ0) is 11.5. The summed E-state index contributed by atoms with van der Waals surface area (Å²) in [6, 6.07) is 0. The highest BCUT2D eigenvalue weighted by Gasteiger charge is 2.22. The van der Waals surface area contributed by atoms with Crippen LogP contribution in [0.25, 0.3) is 0 Å². The number of aliphatic hydroxyl groups excluding tert-OH is 1. The summed E-state index contributed by atoms with van der Waals surface area (Å²) in [7, 11) is 2.02. The third kappa shape index (κ3) is 3.26. The molecule has 1 heterocycles. The summed E-state index contributed by atoms with van der Waals surface area (Å²) in [4.78, 5) is 6.64. The van der Waals surface area contributed by atoms with Crippen LogP contribution in [0, 0.1) is 0 Å². The van der Waals surface area contributed by atoms with E-state index < -0.39 is 0 Å². The molecule has 1 rings (SSSR count). The van der Waals surface area contributed by atoms with Crippen LogP contribution in [-0.4, -0.2) is 34.2 Å². The highest BCUT2D eigenvalue weighted by molar-refractivity contribution is 7.09. The number of hydrogen-bond donors (Lipinski definition) is 1. The van der Waals surface area contributed by atoms with Crippen molar-refractivity contribution < 1.29 is 5.11 Å². The van der Waals surface area contributed by atoms with Crippen LogP contribution >= 0.6 is 11.3 Å². The predicted octanol–water partition coefficient (Wildman–Crippen LogP) is 1.91. The van der Waals surface area contributed by atoms with Crippen molar-refractivity contribution in [2.45, 2.75) is 39.3 Å². The van der Waals surface area contributed by atoms with E-state index in [1.54, 1.807) is 11.3 Å². The summed E-state index contributed by atoms with van der Waals surface area (Å²) in [5, 5.41) is 12.5. The van der Waals surface area contributed by atoms with Crippen molar-refractivity contribution in [1.29, 1.82) is 0 Å². The van der Waals surface area contributed by atoms with Gasteiger partial charge in [0.05, 0.1) is 17.3 Å². The molecule has 0 bridgehead atoms. The molecule has 15 heavy (non-hydrogen) atoms. The average molecular weight is 228 g/mol. The van der Waals surface area contributed by atoms with Gasteiger partial charge in [-0.2, -0.15) is 0 Å². The van der Waals surface area contributed by atoms with Crippen LogP contribution < -0.4 is 0 Å². The number of aliphatic hydroxyl groups is 1. The van der Waals surface area contributed by atoms with Gasteiger partial charge in [0.2, 0.25) is 0 Å². The van der Waals surface area contributed by atoms with Gasteiger partial charge in [-0.25, -0.2) is 4.98 Å². The van der Waals surface area contributed by atoms with E-state index in [1.165, 1.54) is 5.01 Å². The van der Waals surface area contributed by atoms with Gasteiger partial charge in [0.25, 0.3) is 0 Å². The Morgan fingerprint density at radius 1 is 1.53 bits per heavy atom. The van der Waals surface area contributed by atoms with E-state index in [2.05, 4.69) is 22.2 Å². The molecule has 1 N–H and O–H groups in total. The molecule has 0 saturated heterocycles. The minimum atomic E-state index is -0.185. The lowest BCUT2D eigenvalue weighted by molar-refractivity contribution is 0.0725. The van der Waals surface area contributed by atoms with E-state index in [-0.39, 0.29) is 12.1 Å². The van der Waals surface area contributed by atoms with Crippen molar-refractivity contribution in [2.75, 3.05) is 13.7 Å². The number of likely N-dealkylation sites (N-methyl/N-ethyl adjacent to an activating group) is 1. The van der Waals surface area contributed by atoms with Crippen LogP contribution in [0.4, 0.5) is 0 Å². The molecule has 3 nitrogen and oxygen atoms in total. The Labute approximate surface area is 95.8 Å². The minimum absolute atomic E-state index is 0.161. The maximum absolute atomic E-state index is 9.23. The molecule has 0 spiro atoms. The van der Waals surface area contributed by atoms with Gasteiger partial charge in [0, 0.05) is 17.5 Å². The number of hydrogen-bond acceptors (Lipinski definition) is 4. The fourth-order valence-electron chi connectivity index (χ4n) is 1.16. The summed E-state index contributed by atoms with van der Waals surface area (Å²) in [5.41, 5.74) is 0.914. The first-order chi connectivity index (χ1) is 6.99. The molecular weight excluding hydrogens is 208 g/mol.